The molecule has 1 saturated heterocycles. The summed E-state index contributed by atoms with van der Waals surface area (Å²) in [5, 5.41) is 37.8. The Hall–Kier alpha value is -0.330. The average molecular weight is 358 g/mol. The molecule has 1 fully saturated rings. The smallest absolute Gasteiger partial charge is 0.394 e. The number of hydrogen-bond donors (Lipinski definition) is 4. The van der Waals surface area contributed by atoms with E-state index in [1.807, 2.05) is 0 Å². The number of aliphatic hydroxyl groups excluding tert-OH is 4. The monoisotopic (exact) mass is 358 g/mol. The van der Waals surface area contributed by atoms with E-state index in [1.54, 1.807) is 0 Å². The van der Waals surface area contributed by atoms with Crippen LogP contribution in [-0.2, 0) is 23.5 Å². The minimum atomic E-state index is -4.44. The van der Waals surface area contributed by atoms with Crippen LogP contribution in [0, 0.1) is 0 Å². The van der Waals surface area contributed by atoms with Gasteiger partial charge in [-0.2, -0.15) is 8.42 Å². The minimum Gasteiger partial charge on any atom is -0.394 e. The molecule has 23 heavy (non-hydrogen) atoms. The molecule has 0 aromatic rings. The normalized spacial score (nSPS) is 32.1. The Morgan fingerprint density at radius 1 is 1.00 bits per heavy atom. The van der Waals surface area contributed by atoms with Gasteiger partial charge in [0, 0.05) is 0 Å². The van der Waals surface area contributed by atoms with Gasteiger partial charge in [-0.05, 0) is 6.42 Å². The Morgan fingerprint density at radius 3 is 2.26 bits per heavy atom. The summed E-state index contributed by atoms with van der Waals surface area (Å²) in [7, 11) is -4.44. The number of hydrogen-bond acceptors (Lipinski definition) is 9. The van der Waals surface area contributed by atoms with Gasteiger partial charge < -0.3 is 25.2 Å². The minimum absolute atomic E-state index is 0.0660. The van der Waals surface area contributed by atoms with Gasteiger partial charge in [-0.25, -0.2) is 8.37 Å². The standard InChI is InChI=1S/C13H26O9S/c1-2-3-4-5-6-7-20-23(18,19)22-13-12(17)11(16)10(15)9(8-14)21-13/h9-17H,2-8H2,1H3/t9-,10-,11+,12-,13?/m1/s1. The molecule has 1 aliphatic rings. The molecular formula is C13H26O9S. The average Bonchev–Trinajstić information content (AvgIpc) is 2.51. The van der Waals surface area contributed by atoms with Crippen LogP contribution < -0.4 is 0 Å². The molecule has 4 N–H and O–H groups in total. The van der Waals surface area contributed by atoms with Crippen molar-refractivity contribution in [2.24, 2.45) is 0 Å². The van der Waals surface area contributed by atoms with Gasteiger partial charge in [0.1, 0.15) is 24.4 Å². The molecule has 1 aliphatic heterocycles. The van der Waals surface area contributed by atoms with Crippen molar-refractivity contribution in [3.63, 3.8) is 0 Å². The van der Waals surface area contributed by atoms with E-state index in [0.717, 1.165) is 25.7 Å². The quantitative estimate of drug-likeness (QED) is 0.363. The number of rotatable bonds is 10. The highest BCUT2D eigenvalue weighted by Crippen LogP contribution is 2.23. The van der Waals surface area contributed by atoms with Crippen molar-refractivity contribution in [1.29, 1.82) is 0 Å². The number of ether oxygens (including phenoxy) is 1. The first-order valence-corrected chi connectivity index (χ1v) is 9.04. The lowest BCUT2D eigenvalue weighted by atomic mass is 10.00. The predicted molar refractivity (Wildman–Crippen MR) is 78.5 cm³/mol. The summed E-state index contributed by atoms with van der Waals surface area (Å²) in [5.41, 5.74) is 0. The van der Waals surface area contributed by atoms with Crippen molar-refractivity contribution in [1.82, 2.24) is 0 Å². The third-order valence-electron chi connectivity index (χ3n) is 3.54. The molecule has 0 amide bonds. The van der Waals surface area contributed by atoms with Crippen LogP contribution >= 0.6 is 0 Å². The second-order valence-electron chi connectivity index (χ2n) is 5.44. The third-order valence-corrected chi connectivity index (χ3v) is 4.42. The first-order valence-electron chi connectivity index (χ1n) is 7.70. The summed E-state index contributed by atoms with van der Waals surface area (Å²) in [6, 6.07) is 0. The second kappa shape index (κ2) is 9.84. The molecule has 1 rings (SSSR count). The molecule has 1 unspecified atom stereocenters. The molecule has 0 aromatic carbocycles. The van der Waals surface area contributed by atoms with E-state index in [2.05, 4.69) is 15.3 Å². The van der Waals surface area contributed by atoms with Crippen LogP contribution in [0.15, 0.2) is 0 Å². The van der Waals surface area contributed by atoms with Crippen molar-refractivity contribution in [2.45, 2.75) is 69.7 Å². The van der Waals surface area contributed by atoms with Crippen molar-refractivity contribution in [2.75, 3.05) is 13.2 Å². The maximum absolute atomic E-state index is 11.7. The lowest BCUT2D eigenvalue weighted by molar-refractivity contribution is -0.278. The molecule has 1 heterocycles. The van der Waals surface area contributed by atoms with Crippen LogP contribution in [0.2, 0.25) is 0 Å². The molecule has 0 aliphatic carbocycles. The number of aliphatic hydroxyl groups is 4. The third kappa shape index (κ3) is 6.59. The Labute approximate surface area is 136 Å². The van der Waals surface area contributed by atoms with Crippen molar-refractivity contribution in [3.05, 3.63) is 0 Å². The van der Waals surface area contributed by atoms with E-state index in [1.165, 1.54) is 0 Å². The van der Waals surface area contributed by atoms with Crippen molar-refractivity contribution < 1.29 is 41.9 Å². The van der Waals surface area contributed by atoms with Crippen LogP contribution in [0.5, 0.6) is 0 Å². The van der Waals surface area contributed by atoms with Crippen LogP contribution in [0.4, 0.5) is 0 Å². The maximum atomic E-state index is 11.7. The van der Waals surface area contributed by atoms with E-state index >= 15 is 0 Å². The molecule has 0 radical (unpaired) electrons. The molecule has 0 aromatic heterocycles. The summed E-state index contributed by atoms with van der Waals surface area (Å²) in [6.45, 7) is 1.32. The highest BCUT2D eigenvalue weighted by atomic mass is 32.3. The van der Waals surface area contributed by atoms with E-state index in [0.29, 0.717) is 6.42 Å². The number of unbranched alkanes of at least 4 members (excludes halogenated alkanes) is 4. The zero-order valence-electron chi connectivity index (χ0n) is 13.1. The first-order chi connectivity index (χ1) is 10.8. The molecule has 0 spiro atoms. The SMILES string of the molecule is CCCCCCCOS(=O)(=O)OC1O[C@H](CO)[C@@H](O)[C@H](O)[C@H]1O. The van der Waals surface area contributed by atoms with Crippen LogP contribution in [0.1, 0.15) is 39.0 Å². The molecule has 5 atom stereocenters. The van der Waals surface area contributed by atoms with Gasteiger partial charge in [0.2, 0.25) is 6.29 Å². The molecule has 9 nitrogen and oxygen atoms in total. The van der Waals surface area contributed by atoms with Gasteiger partial charge in [-0.3, -0.25) is 0 Å². The largest absolute Gasteiger partial charge is 0.402 e. The van der Waals surface area contributed by atoms with Crippen LogP contribution in [0.3, 0.4) is 0 Å². The summed E-state index contributed by atoms with van der Waals surface area (Å²) >= 11 is 0. The van der Waals surface area contributed by atoms with Gasteiger partial charge >= 0.3 is 10.4 Å². The summed E-state index contributed by atoms with van der Waals surface area (Å²) in [4.78, 5) is 0. The fourth-order valence-electron chi connectivity index (χ4n) is 2.16. The fraction of sp³-hybridized carbons (Fsp3) is 1.00. The summed E-state index contributed by atoms with van der Waals surface area (Å²) in [5.74, 6) is 0. The second-order valence-corrected chi connectivity index (χ2v) is 6.68. The van der Waals surface area contributed by atoms with Crippen molar-refractivity contribution in [3.8, 4) is 0 Å². The van der Waals surface area contributed by atoms with Crippen LogP contribution in [0.25, 0.3) is 0 Å². The van der Waals surface area contributed by atoms with Crippen LogP contribution in [-0.4, -0.2) is 72.8 Å². The predicted octanol–water partition coefficient (Wildman–Crippen LogP) is -0.965. The van der Waals surface area contributed by atoms with E-state index in [9.17, 15) is 23.7 Å². The summed E-state index contributed by atoms with van der Waals surface area (Å²) in [6.07, 6.45) is -3.64. The molecular weight excluding hydrogens is 332 g/mol. The highest BCUT2D eigenvalue weighted by Gasteiger charge is 2.45. The zero-order chi connectivity index (χ0) is 17.5. The molecule has 0 saturated carbocycles. The molecule has 138 valence electrons. The fourth-order valence-corrected chi connectivity index (χ4v) is 2.93. The van der Waals surface area contributed by atoms with E-state index in [-0.39, 0.29) is 6.61 Å². The first kappa shape index (κ1) is 20.7. The van der Waals surface area contributed by atoms with Gasteiger partial charge in [-0.1, -0.05) is 32.6 Å². The zero-order valence-corrected chi connectivity index (χ0v) is 13.9. The molecule has 10 heteroatoms. The van der Waals surface area contributed by atoms with Gasteiger partial charge in [0.05, 0.1) is 13.2 Å². The Bertz CT molecular complexity index is 425. The van der Waals surface area contributed by atoms with E-state index < -0.39 is 47.7 Å². The lowest BCUT2D eigenvalue weighted by Crippen LogP contribution is -2.59. The van der Waals surface area contributed by atoms with Crippen molar-refractivity contribution >= 4 is 10.4 Å². The van der Waals surface area contributed by atoms with E-state index in [4.69, 9.17) is 9.84 Å². The van der Waals surface area contributed by atoms with Gasteiger partial charge in [0.25, 0.3) is 0 Å². The Kier molecular flexibility index (Phi) is 8.86. The molecule has 0 bridgehead atoms. The highest BCUT2D eigenvalue weighted by molar-refractivity contribution is 7.81. The van der Waals surface area contributed by atoms with Gasteiger partial charge in [0.15, 0.2) is 0 Å². The Morgan fingerprint density at radius 2 is 1.65 bits per heavy atom. The summed E-state index contributed by atoms with van der Waals surface area (Å²) < 4.78 is 37.5. The topological polar surface area (TPSA) is 143 Å². The lowest BCUT2D eigenvalue weighted by Gasteiger charge is -2.38. The maximum Gasteiger partial charge on any atom is 0.402 e. The Balaban J connectivity index is 2.46. The van der Waals surface area contributed by atoms with Gasteiger partial charge in [-0.15, -0.1) is 0 Å².